The molecule has 0 bridgehead atoms. The molecular formula is C12H14FNO. The van der Waals surface area contributed by atoms with Crippen LogP contribution in [0.3, 0.4) is 0 Å². The first-order chi connectivity index (χ1) is 7.36. The van der Waals surface area contributed by atoms with Crippen molar-refractivity contribution in [2.45, 2.75) is 18.9 Å². The lowest BCUT2D eigenvalue weighted by Crippen LogP contribution is -2.26. The summed E-state index contributed by atoms with van der Waals surface area (Å²) in [7, 11) is 0. The molecule has 80 valence electrons. The average Bonchev–Trinajstić information content (AvgIpc) is 2.48. The highest BCUT2D eigenvalue weighted by molar-refractivity contribution is 5.41. The Labute approximate surface area is 88.4 Å². The number of ether oxygens (including phenoxy) is 1. The first kappa shape index (κ1) is 9.31. The summed E-state index contributed by atoms with van der Waals surface area (Å²) >= 11 is 0. The van der Waals surface area contributed by atoms with Crippen molar-refractivity contribution in [2.24, 2.45) is 0 Å². The molecule has 1 unspecified atom stereocenters. The second kappa shape index (κ2) is 3.58. The SMILES string of the molecule is Fc1ccc2c3c1CCNCC3COC2. The molecule has 3 rings (SSSR count). The molecule has 1 aromatic rings. The molecule has 2 aliphatic heterocycles. The predicted octanol–water partition coefficient (Wildman–Crippen LogP) is 1.59. The highest BCUT2D eigenvalue weighted by Gasteiger charge is 2.27. The molecule has 0 spiro atoms. The van der Waals surface area contributed by atoms with Crippen molar-refractivity contribution in [3.05, 3.63) is 34.6 Å². The van der Waals surface area contributed by atoms with Gasteiger partial charge in [-0.15, -0.1) is 0 Å². The average molecular weight is 207 g/mol. The quantitative estimate of drug-likeness (QED) is 0.697. The summed E-state index contributed by atoms with van der Waals surface area (Å²) in [6.07, 6.45) is 0.797. The van der Waals surface area contributed by atoms with E-state index in [0.29, 0.717) is 12.5 Å². The molecule has 2 nitrogen and oxygen atoms in total. The van der Waals surface area contributed by atoms with Gasteiger partial charge in [0, 0.05) is 12.5 Å². The summed E-state index contributed by atoms with van der Waals surface area (Å²) in [4.78, 5) is 0. The van der Waals surface area contributed by atoms with E-state index in [2.05, 4.69) is 5.32 Å². The van der Waals surface area contributed by atoms with Crippen LogP contribution in [0, 0.1) is 5.82 Å². The molecule has 15 heavy (non-hydrogen) atoms. The van der Waals surface area contributed by atoms with Crippen LogP contribution in [0.15, 0.2) is 12.1 Å². The van der Waals surface area contributed by atoms with Gasteiger partial charge in [0.15, 0.2) is 0 Å². The zero-order valence-corrected chi connectivity index (χ0v) is 8.55. The van der Waals surface area contributed by atoms with Crippen LogP contribution < -0.4 is 5.32 Å². The standard InChI is InChI=1S/C12H14FNO/c13-11-2-1-8-6-15-7-9-5-14-4-3-10(11)12(8)9/h1-2,9,14H,3-7H2. The van der Waals surface area contributed by atoms with E-state index in [4.69, 9.17) is 4.74 Å². The fourth-order valence-corrected chi connectivity index (χ4v) is 2.62. The highest BCUT2D eigenvalue weighted by atomic mass is 19.1. The van der Waals surface area contributed by atoms with Gasteiger partial charge in [-0.2, -0.15) is 0 Å². The fraction of sp³-hybridized carbons (Fsp3) is 0.500. The summed E-state index contributed by atoms with van der Waals surface area (Å²) in [5.41, 5.74) is 3.29. The number of benzene rings is 1. The third-order valence-corrected chi connectivity index (χ3v) is 3.32. The molecule has 0 fully saturated rings. The molecular weight excluding hydrogens is 193 g/mol. The van der Waals surface area contributed by atoms with E-state index in [1.807, 2.05) is 6.07 Å². The van der Waals surface area contributed by atoms with Crippen molar-refractivity contribution in [2.75, 3.05) is 19.7 Å². The van der Waals surface area contributed by atoms with Gasteiger partial charge in [-0.3, -0.25) is 0 Å². The van der Waals surface area contributed by atoms with Gasteiger partial charge in [0.05, 0.1) is 13.2 Å². The molecule has 1 N–H and O–H groups in total. The molecule has 2 aliphatic rings. The zero-order chi connectivity index (χ0) is 10.3. The summed E-state index contributed by atoms with van der Waals surface area (Å²) < 4.78 is 19.2. The fourth-order valence-electron chi connectivity index (χ4n) is 2.62. The Bertz CT molecular complexity index is 391. The maximum absolute atomic E-state index is 13.7. The van der Waals surface area contributed by atoms with Gasteiger partial charge in [-0.05, 0) is 35.7 Å². The van der Waals surface area contributed by atoms with E-state index in [9.17, 15) is 4.39 Å². The van der Waals surface area contributed by atoms with Gasteiger partial charge in [0.2, 0.25) is 0 Å². The van der Waals surface area contributed by atoms with E-state index in [-0.39, 0.29) is 5.82 Å². The van der Waals surface area contributed by atoms with Crippen LogP contribution in [0.2, 0.25) is 0 Å². The van der Waals surface area contributed by atoms with Crippen LogP contribution in [0.4, 0.5) is 4.39 Å². The second-order valence-corrected chi connectivity index (χ2v) is 4.26. The summed E-state index contributed by atoms with van der Waals surface area (Å²) in [5, 5.41) is 3.34. The minimum atomic E-state index is -0.0515. The maximum Gasteiger partial charge on any atom is 0.126 e. The molecule has 2 heterocycles. The monoisotopic (exact) mass is 207 g/mol. The molecule has 0 aliphatic carbocycles. The molecule has 0 radical (unpaired) electrons. The topological polar surface area (TPSA) is 21.3 Å². The molecule has 1 aromatic carbocycles. The van der Waals surface area contributed by atoms with Crippen molar-refractivity contribution in [3.8, 4) is 0 Å². The number of hydrogen-bond acceptors (Lipinski definition) is 2. The molecule has 1 atom stereocenters. The summed E-state index contributed by atoms with van der Waals surface area (Å²) in [6, 6.07) is 3.44. The Morgan fingerprint density at radius 2 is 2.33 bits per heavy atom. The van der Waals surface area contributed by atoms with Gasteiger partial charge in [0.1, 0.15) is 5.82 Å². The minimum Gasteiger partial charge on any atom is -0.376 e. The number of rotatable bonds is 0. The van der Waals surface area contributed by atoms with Gasteiger partial charge < -0.3 is 10.1 Å². The zero-order valence-electron chi connectivity index (χ0n) is 8.55. The van der Waals surface area contributed by atoms with Crippen LogP contribution >= 0.6 is 0 Å². The van der Waals surface area contributed by atoms with Crippen LogP contribution in [-0.4, -0.2) is 19.7 Å². The van der Waals surface area contributed by atoms with Crippen LogP contribution in [-0.2, 0) is 17.8 Å². The number of halogens is 1. The Morgan fingerprint density at radius 3 is 3.27 bits per heavy atom. The van der Waals surface area contributed by atoms with Crippen molar-refractivity contribution < 1.29 is 9.13 Å². The minimum absolute atomic E-state index is 0.0515. The first-order valence-corrected chi connectivity index (χ1v) is 5.45. The van der Waals surface area contributed by atoms with E-state index in [0.717, 1.165) is 31.7 Å². The lowest BCUT2D eigenvalue weighted by atomic mass is 9.88. The molecule has 0 saturated heterocycles. The molecule has 0 saturated carbocycles. The maximum atomic E-state index is 13.7. The third kappa shape index (κ3) is 1.46. The largest absolute Gasteiger partial charge is 0.376 e. The highest BCUT2D eigenvalue weighted by Crippen LogP contribution is 2.32. The van der Waals surface area contributed by atoms with E-state index >= 15 is 0 Å². The lowest BCUT2D eigenvalue weighted by molar-refractivity contribution is 0.0911. The van der Waals surface area contributed by atoms with Gasteiger partial charge in [-0.1, -0.05) is 6.07 Å². The Kier molecular flexibility index (Phi) is 2.22. The van der Waals surface area contributed by atoms with Crippen LogP contribution in [0.1, 0.15) is 22.6 Å². The van der Waals surface area contributed by atoms with Gasteiger partial charge in [0.25, 0.3) is 0 Å². The van der Waals surface area contributed by atoms with Crippen LogP contribution in [0.25, 0.3) is 0 Å². The molecule has 0 amide bonds. The Hall–Kier alpha value is -0.930. The summed E-state index contributed by atoms with van der Waals surface area (Å²) in [6.45, 7) is 3.13. The predicted molar refractivity (Wildman–Crippen MR) is 55.4 cm³/mol. The van der Waals surface area contributed by atoms with Crippen molar-refractivity contribution in [1.29, 1.82) is 0 Å². The van der Waals surface area contributed by atoms with Gasteiger partial charge in [-0.25, -0.2) is 4.39 Å². The van der Waals surface area contributed by atoms with Crippen LogP contribution in [0.5, 0.6) is 0 Å². The number of nitrogens with one attached hydrogen (secondary N) is 1. The molecule has 3 heteroatoms. The van der Waals surface area contributed by atoms with Crippen molar-refractivity contribution in [3.63, 3.8) is 0 Å². The van der Waals surface area contributed by atoms with E-state index in [1.165, 1.54) is 11.1 Å². The van der Waals surface area contributed by atoms with E-state index < -0.39 is 0 Å². The molecule has 0 aromatic heterocycles. The normalized spacial score (nSPS) is 24.5. The first-order valence-electron chi connectivity index (χ1n) is 5.45. The Balaban J connectivity index is 2.19. The third-order valence-electron chi connectivity index (χ3n) is 3.32. The smallest absolute Gasteiger partial charge is 0.126 e. The summed E-state index contributed by atoms with van der Waals surface area (Å²) in [5.74, 6) is 0.284. The Morgan fingerprint density at radius 1 is 1.40 bits per heavy atom. The van der Waals surface area contributed by atoms with E-state index in [1.54, 1.807) is 6.07 Å². The van der Waals surface area contributed by atoms with Crippen molar-refractivity contribution >= 4 is 0 Å². The lowest BCUT2D eigenvalue weighted by Gasteiger charge is -2.26. The van der Waals surface area contributed by atoms with Crippen molar-refractivity contribution in [1.82, 2.24) is 5.32 Å². The van der Waals surface area contributed by atoms with Gasteiger partial charge >= 0.3 is 0 Å². The second-order valence-electron chi connectivity index (χ2n) is 4.26. The number of hydrogen-bond donors (Lipinski definition) is 1.